The molecule has 3 rings (SSSR count). The standard InChI is InChI=1S/C20H20ClN3O/c1-24(2)11-10-22-20(25)17-13-19(14-6-4-3-5-7-14)23-18-9-8-15(21)12-16(17)18/h3-9,12-13H,10-11H2,1-2H3,(H,22,25). The Morgan fingerprint density at radius 1 is 1.12 bits per heavy atom. The molecule has 0 radical (unpaired) electrons. The van der Waals surface area contributed by atoms with Gasteiger partial charge < -0.3 is 10.2 Å². The van der Waals surface area contributed by atoms with E-state index in [0.29, 0.717) is 17.1 Å². The lowest BCUT2D eigenvalue weighted by Crippen LogP contribution is -2.31. The van der Waals surface area contributed by atoms with E-state index in [9.17, 15) is 4.79 Å². The molecule has 0 fully saturated rings. The fraction of sp³-hybridized carbons (Fsp3) is 0.200. The number of nitrogens with one attached hydrogen (secondary N) is 1. The topological polar surface area (TPSA) is 45.2 Å². The number of likely N-dealkylation sites (N-methyl/N-ethyl adjacent to an activating group) is 1. The summed E-state index contributed by atoms with van der Waals surface area (Å²) in [6.45, 7) is 1.36. The molecule has 0 saturated heterocycles. The fourth-order valence-electron chi connectivity index (χ4n) is 2.63. The fourth-order valence-corrected chi connectivity index (χ4v) is 2.80. The van der Waals surface area contributed by atoms with Crippen molar-refractivity contribution in [3.05, 3.63) is 65.2 Å². The zero-order valence-corrected chi connectivity index (χ0v) is 15.0. The van der Waals surface area contributed by atoms with Crippen LogP contribution in [0.3, 0.4) is 0 Å². The number of carbonyl (C=O) groups is 1. The molecular weight excluding hydrogens is 334 g/mol. The molecule has 1 N–H and O–H groups in total. The van der Waals surface area contributed by atoms with Gasteiger partial charge in [0.05, 0.1) is 16.8 Å². The van der Waals surface area contributed by atoms with Gasteiger partial charge >= 0.3 is 0 Å². The average molecular weight is 354 g/mol. The molecule has 0 spiro atoms. The third-order valence-electron chi connectivity index (χ3n) is 3.93. The second-order valence-corrected chi connectivity index (χ2v) is 6.58. The number of carbonyl (C=O) groups excluding carboxylic acids is 1. The van der Waals surface area contributed by atoms with Gasteiger partial charge in [0.25, 0.3) is 5.91 Å². The Kier molecular flexibility index (Phi) is 5.31. The van der Waals surface area contributed by atoms with Crippen LogP contribution in [0.1, 0.15) is 10.4 Å². The number of rotatable bonds is 5. The number of amides is 1. The molecule has 1 heterocycles. The summed E-state index contributed by atoms with van der Waals surface area (Å²) in [7, 11) is 3.95. The molecule has 0 aliphatic carbocycles. The maximum Gasteiger partial charge on any atom is 0.252 e. The third kappa shape index (κ3) is 4.16. The first-order valence-electron chi connectivity index (χ1n) is 8.13. The summed E-state index contributed by atoms with van der Waals surface area (Å²) in [6.07, 6.45) is 0. The number of hydrogen-bond acceptors (Lipinski definition) is 3. The molecule has 128 valence electrons. The molecule has 1 amide bonds. The zero-order valence-electron chi connectivity index (χ0n) is 14.3. The van der Waals surface area contributed by atoms with E-state index in [4.69, 9.17) is 16.6 Å². The molecule has 0 bridgehead atoms. The van der Waals surface area contributed by atoms with Gasteiger partial charge in [0.15, 0.2) is 0 Å². The van der Waals surface area contributed by atoms with Crippen LogP contribution in [0.25, 0.3) is 22.2 Å². The van der Waals surface area contributed by atoms with Crippen molar-refractivity contribution in [3.8, 4) is 11.3 Å². The first-order valence-corrected chi connectivity index (χ1v) is 8.51. The molecule has 0 aliphatic rings. The van der Waals surface area contributed by atoms with E-state index in [-0.39, 0.29) is 5.91 Å². The summed E-state index contributed by atoms with van der Waals surface area (Å²) in [5, 5.41) is 4.32. The van der Waals surface area contributed by atoms with Crippen LogP contribution < -0.4 is 5.32 Å². The first-order chi connectivity index (χ1) is 12.0. The van der Waals surface area contributed by atoms with Crippen molar-refractivity contribution in [3.63, 3.8) is 0 Å². The highest BCUT2D eigenvalue weighted by Gasteiger charge is 2.14. The van der Waals surface area contributed by atoms with Gasteiger partial charge in [0.2, 0.25) is 0 Å². The van der Waals surface area contributed by atoms with Crippen LogP contribution in [0.4, 0.5) is 0 Å². The van der Waals surface area contributed by atoms with Gasteiger partial charge in [-0.1, -0.05) is 41.9 Å². The van der Waals surface area contributed by atoms with Gasteiger partial charge in [-0.05, 0) is 38.4 Å². The van der Waals surface area contributed by atoms with E-state index in [1.54, 1.807) is 12.1 Å². The molecule has 3 aromatic rings. The van der Waals surface area contributed by atoms with Crippen molar-refractivity contribution in [2.75, 3.05) is 27.2 Å². The zero-order chi connectivity index (χ0) is 17.8. The summed E-state index contributed by atoms with van der Waals surface area (Å²) >= 11 is 6.13. The smallest absolute Gasteiger partial charge is 0.252 e. The highest BCUT2D eigenvalue weighted by atomic mass is 35.5. The minimum absolute atomic E-state index is 0.117. The van der Waals surface area contributed by atoms with Gasteiger partial charge in [0, 0.05) is 29.1 Å². The predicted octanol–water partition coefficient (Wildman–Crippen LogP) is 3.85. The Bertz CT molecular complexity index is 894. The molecule has 0 aliphatic heterocycles. The maximum atomic E-state index is 12.7. The van der Waals surface area contributed by atoms with E-state index >= 15 is 0 Å². The summed E-state index contributed by atoms with van der Waals surface area (Å²) in [6, 6.07) is 17.1. The second kappa shape index (κ2) is 7.64. The number of fused-ring (bicyclic) bond motifs is 1. The van der Waals surface area contributed by atoms with Gasteiger partial charge in [-0.3, -0.25) is 4.79 Å². The van der Waals surface area contributed by atoms with Crippen LogP contribution in [0.2, 0.25) is 5.02 Å². The van der Waals surface area contributed by atoms with E-state index in [0.717, 1.165) is 28.7 Å². The van der Waals surface area contributed by atoms with E-state index < -0.39 is 0 Å². The number of benzene rings is 2. The van der Waals surface area contributed by atoms with Crippen LogP contribution in [0.5, 0.6) is 0 Å². The van der Waals surface area contributed by atoms with Gasteiger partial charge in [-0.15, -0.1) is 0 Å². The molecule has 0 unspecified atom stereocenters. The normalized spacial score (nSPS) is 11.0. The van der Waals surface area contributed by atoms with Crippen molar-refractivity contribution >= 4 is 28.4 Å². The molecule has 0 saturated carbocycles. The van der Waals surface area contributed by atoms with E-state index in [1.807, 2.05) is 61.5 Å². The Balaban J connectivity index is 2.04. The maximum absolute atomic E-state index is 12.7. The monoisotopic (exact) mass is 353 g/mol. The highest BCUT2D eigenvalue weighted by Crippen LogP contribution is 2.27. The Hall–Kier alpha value is -2.43. The molecular formula is C20H20ClN3O. The highest BCUT2D eigenvalue weighted by molar-refractivity contribution is 6.31. The van der Waals surface area contributed by atoms with Crippen molar-refractivity contribution < 1.29 is 4.79 Å². The summed E-state index contributed by atoms with van der Waals surface area (Å²) in [5.41, 5.74) is 3.09. The largest absolute Gasteiger partial charge is 0.351 e. The lowest BCUT2D eigenvalue weighted by Gasteiger charge is -2.13. The summed E-state index contributed by atoms with van der Waals surface area (Å²) in [5.74, 6) is -0.117. The van der Waals surface area contributed by atoms with Gasteiger partial charge in [-0.2, -0.15) is 0 Å². The molecule has 2 aromatic carbocycles. The lowest BCUT2D eigenvalue weighted by atomic mass is 10.0. The number of hydrogen-bond donors (Lipinski definition) is 1. The minimum atomic E-state index is -0.117. The van der Waals surface area contributed by atoms with Crippen LogP contribution in [0.15, 0.2) is 54.6 Å². The average Bonchev–Trinajstić information content (AvgIpc) is 2.61. The number of halogens is 1. The van der Waals surface area contributed by atoms with Crippen molar-refractivity contribution in [1.82, 2.24) is 15.2 Å². The Labute approximate surface area is 152 Å². The van der Waals surface area contributed by atoms with Crippen molar-refractivity contribution in [1.29, 1.82) is 0 Å². The number of nitrogens with zero attached hydrogens (tertiary/aromatic N) is 2. The van der Waals surface area contributed by atoms with E-state index in [1.165, 1.54) is 0 Å². The van der Waals surface area contributed by atoms with Gasteiger partial charge in [-0.25, -0.2) is 4.98 Å². The summed E-state index contributed by atoms with van der Waals surface area (Å²) < 4.78 is 0. The Morgan fingerprint density at radius 2 is 1.88 bits per heavy atom. The number of aromatic nitrogens is 1. The molecule has 1 aromatic heterocycles. The van der Waals surface area contributed by atoms with Crippen LogP contribution in [0, 0.1) is 0 Å². The predicted molar refractivity (Wildman–Crippen MR) is 103 cm³/mol. The summed E-state index contributed by atoms with van der Waals surface area (Å²) in [4.78, 5) is 19.5. The second-order valence-electron chi connectivity index (χ2n) is 6.14. The molecule has 4 nitrogen and oxygen atoms in total. The lowest BCUT2D eigenvalue weighted by molar-refractivity contribution is 0.0952. The molecule has 25 heavy (non-hydrogen) atoms. The van der Waals surface area contributed by atoms with Crippen LogP contribution in [-0.2, 0) is 0 Å². The SMILES string of the molecule is CN(C)CCNC(=O)c1cc(-c2ccccc2)nc2ccc(Cl)cc12. The van der Waals surface area contributed by atoms with Crippen molar-refractivity contribution in [2.24, 2.45) is 0 Å². The Morgan fingerprint density at radius 3 is 2.60 bits per heavy atom. The quantitative estimate of drug-likeness (QED) is 0.757. The van der Waals surface area contributed by atoms with E-state index in [2.05, 4.69) is 5.32 Å². The first kappa shape index (κ1) is 17.4. The van der Waals surface area contributed by atoms with Gasteiger partial charge in [0.1, 0.15) is 0 Å². The minimum Gasteiger partial charge on any atom is -0.351 e. The van der Waals surface area contributed by atoms with Crippen molar-refractivity contribution in [2.45, 2.75) is 0 Å². The number of pyridine rings is 1. The third-order valence-corrected chi connectivity index (χ3v) is 4.16. The molecule has 0 atom stereocenters. The molecule has 5 heteroatoms. The van der Waals surface area contributed by atoms with Crippen LogP contribution in [-0.4, -0.2) is 43.0 Å². The van der Waals surface area contributed by atoms with Crippen LogP contribution >= 0.6 is 11.6 Å².